The number of rotatable bonds is 0. The highest BCUT2D eigenvalue weighted by Crippen LogP contribution is 2.51. The predicted molar refractivity (Wildman–Crippen MR) is 68.0 cm³/mol. The van der Waals surface area contributed by atoms with Crippen LogP contribution in [-0.2, 0) is 14.3 Å². The largest absolute Gasteiger partial charge is 0.425 e. The third-order valence-electron chi connectivity index (χ3n) is 4.83. The number of allylic oxidation sites excluding steroid dienone is 1. The number of esters is 1. The molecule has 0 unspecified atom stereocenters. The average molecular weight is 262 g/mol. The van der Waals surface area contributed by atoms with Gasteiger partial charge in [0.05, 0.1) is 0 Å². The topological polar surface area (TPSA) is 63.6 Å². The first-order valence-electron chi connectivity index (χ1n) is 6.76. The van der Waals surface area contributed by atoms with Crippen molar-refractivity contribution < 1.29 is 19.4 Å². The van der Waals surface area contributed by atoms with Crippen LogP contribution in [0.3, 0.4) is 0 Å². The van der Waals surface area contributed by atoms with Crippen LogP contribution in [0.5, 0.6) is 0 Å². The Hall–Kier alpha value is -1.42. The molecule has 3 aliphatic rings. The maximum Gasteiger partial charge on any atom is 0.337 e. The van der Waals surface area contributed by atoms with Crippen LogP contribution in [0.4, 0.5) is 0 Å². The van der Waals surface area contributed by atoms with Gasteiger partial charge in [-0.25, -0.2) is 4.79 Å². The van der Waals surface area contributed by atoms with Gasteiger partial charge in [-0.05, 0) is 43.3 Å². The average Bonchev–Trinajstić information content (AvgIpc) is 2.70. The van der Waals surface area contributed by atoms with E-state index in [1.54, 1.807) is 13.8 Å². The van der Waals surface area contributed by atoms with Gasteiger partial charge < -0.3 is 9.84 Å². The van der Waals surface area contributed by atoms with E-state index < -0.39 is 11.8 Å². The SMILES string of the molecule is CC1=C2C3=C(C)C(=O)O[C@]3(O)CC[C@@H](C)[C@@H]2CC1=O. The monoisotopic (exact) mass is 262 g/mol. The molecule has 1 saturated carbocycles. The number of ketones is 1. The number of hydrogen-bond acceptors (Lipinski definition) is 4. The molecule has 4 heteroatoms. The van der Waals surface area contributed by atoms with Crippen LogP contribution < -0.4 is 0 Å². The van der Waals surface area contributed by atoms with E-state index in [0.29, 0.717) is 35.5 Å². The smallest absolute Gasteiger partial charge is 0.337 e. The van der Waals surface area contributed by atoms with Crippen molar-refractivity contribution in [2.75, 3.05) is 0 Å². The number of aliphatic hydroxyl groups is 1. The van der Waals surface area contributed by atoms with Gasteiger partial charge in [0.1, 0.15) is 0 Å². The van der Waals surface area contributed by atoms with E-state index >= 15 is 0 Å². The zero-order chi connectivity index (χ0) is 13.9. The second-order valence-corrected chi connectivity index (χ2v) is 5.96. The first kappa shape index (κ1) is 12.6. The highest BCUT2D eigenvalue weighted by molar-refractivity contribution is 6.02. The molecule has 1 N–H and O–H groups in total. The Bertz CT molecular complexity index is 554. The lowest BCUT2D eigenvalue weighted by Crippen LogP contribution is -2.31. The second kappa shape index (κ2) is 3.79. The van der Waals surface area contributed by atoms with E-state index in [0.717, 1.165) is 12.0 Å². The summed E-state index contributed by atoms with van der Waals surface area (Å²) in [5, 5.41) is 10.7. The van der Waals surface area contributed by atoms with Crippen LogP contribution in [0.2, 0.25) is 0 Å². The predicted octanol–water partition coefficient (Wildman–Crippen LogP) is 1.88. The highest BCUT2D eigenvalue weighted by Gasteiger charge is 2.52. The first-order valence-corrected chi connectivity index (χ1v) is 6.76. The molecule has 0 aromatic rings. The summed E-state index contributed by atoms with van der Waals surface area (Å²) in [4.78, 5) is 23.8. The van der Waals surface area contributed by atoms with Gasteiger partial charge in [-0.15, -0.1) is 0 Å². The van der Waals surface area contributed by atoms with Crippen molar-refractivity contribution in [1.29, 1.82) is 0 Å². The molecule has 0 saturated heterocycles. The van der Waals surface area contributed by atoms with E-state index in [1.165, 1.54) is 0 Å². The van der Waals surface area contributed by atoms with Crippen molar-refractivity contribution in [1.82, 2.24) is 0 Å². The fourth-order valence-corrected chi connectivity index (χ4v) is 3.63. The molecule has 0 spiro atoms. The Balaban J connectivity index is 2.25. The number of carbonyl (C=O) groups excluding carboxylic acids is 2. The fraction of sp³-hybridized carbons (Fsp3) is 0.600. The molecule has 1 fully saturated rings. The zero-order valence-electron chi connectivity index (χ0n) is 11.4. The quantitative estimate of drug-likeness (QED) is 0.677. The molecule has 0 aromatic carbocycles. The third-order valence-corrected chi connectivity index (χ3v) is 4.83. The maximum absolute atomic E-state index is 12.0. The molecular weight excluding hydrogens is 244 g/mol. The second-order valence-electron chi connectivity index (χ2n) is 5.96. The first-order chi connectivity index (χ1) is 8.85. The van der Waals surface area contributed by atoms with Gasteiger partial charge in [-0.1, -0.05) is 6.92 Å². The van der Waals surface area contributed by atoms with Crippen LogP contribution in [0.1, 0.15) is 40.0 Å². The molecule has 1 heterocycles. The molecule has 1 aliphatic heterocycles. The van der Waals surface area contributed by atoms with Crippen LogP contribution in [0, 0.1) is 11.8 Å². The van der Waals surface area contributed by atoms with Gasteiger partial charge >= 0.3 is 5.97 Å². The molecule has 19 heavy (non-hydrogen) atoms. The summed E-state index contributed by atoms with van der Waals surface area (Å²) in [5.41, 5.74) is 2.56. The summed E-state index contributed by atoms with van der Waals surface area (Å²) in [5.74, 6) is -1.45. The molecule has 0 bridgehead atoms. The summed E-state index contributed by atoms with van der Waals surface area (Å²) >= 11 is 0. The summed E-state index contributed by atoms with van der Waals surface area (Å²) in [6.45, 7) is 5.56. The van der Waals surface area contributed by atoms with Crippen molar-refractivity contribution in [2.45, 2.75) is 45.8 Å². The van der Waals surface area contributed by atoms with E-state index in [1.807, 2.05) is 0 Å². The Morgan fingerprint density at radius 1 is 1.26 bits per heavy atom. The van der Waals surface area contributed by atoms with Gasteiger partial charge in [0.15, 0.2) is 5.78 Å². The number of ether oxygens (including phenoxy) is 1. The van der Waals surface area contributed by atoms with Crippen LogP contribution in [0.15, 0.2) is 22.3 Å². The molecule has 3 atom stereocenters. The Labute approximate surface area is 112 Å². The molecule has 0 amide bonds. The lowest BCUT2D eigenvalue weighted by atomic mass is 9.84. The number of Topliss-reactive ketones (excluding diaryl/α,β-unsaturated/α-hetero) is 1. The summed E-state index contributed by atoms with van der Waals surface area (Å²) in [6, 6.07) is 0. The van der Waals surface area contributed by atoms with Crippen molar-refractivity contribution >= 4 is 11.8 Å². The lowest BCUT2D eigenvalue weighted by Gasteiger charge is -2.24. The molecule has 2 aliphatic carbocycles. The van der Waals surface area contributed by atoms with E-state index in [4.69, 9.17) is 4.74 Å². The van der Waals surface area contributed by atoms with Gasteiger partial charge in [-0.2, -0.15) is 0 Å². The minimum absolute atomic E-state index is 0.112. The fourth-order valence-electron chi connectivity index (χ4n) is 3.63. The minimum Gasteiger partial charge on any atom is -0.425 e. The molecule has 0 aromatic heterocycles. The van der Waals surface area contributed by atoms with E-state index in [2.05, 4.69) is 6.92 Å². The zero-order valence-corrected chi connectivity index (χ0v) is 11.4. The van der Waals surface area contributed by atoms with Gasteiger partial charge in [0.2, 0.25) is 5.79 Å². The third kappa shape index (κ3) is 1.56. The number of carbonyl (C=O) groups is 2. The summed E-state index contributed by atoms with van der Waals surface area (Å²) in [7, 11) is 0. The number of fused-ring (bicyclic) bond motifs is 3. The van der Waals surface area contributed by atoms with Crippen molar-refractivity contribution in [3.8, 4) is 0 Å². The van der Waals surface area contributed by atoms with Gasteiger partial charge in [0.25, 0.3) is 0 Å². The number of hydrogen-bond donors (Lipinski definition) is 1. The summed E-state index contributed by atoms with van der Waals surface area (Å²) < 4.78 is 5.18. The van der Waals surface area contributed by atoms with Crippen molar-refractivity contribution in [3.63, 3.8) is 0 Å². The van der Waals surface area contributed by atoms with Crippen LogP contribution in [0.25, 0.3) is 0 Å². The summed E-state index contributed by atoms with van der Waals surface area (Å²) in [6.07, 6.45) is 1.65. The minimum atomic E-state index is -1.52. The van der Waals surface area contributed by atoms with Gasteiger partial charge in [-0.3, -0.25) is 4.79 Å². The lowest BCUT2D eigenvalue weighted by molar-refractivity contribution is -0.182. The molecular formula is C15H18O4. The van der Waals surface area contributed by atoms with Gasteiger partial charge in [0, 0.05) is 24.0 Å². The van der Waals surface area contributed by atoms with Crippen LogP contribution in [-0.4, -0.2) is 22.6 Å². The van der Waals surface area contributed by atoms with Crippen molar-refractivity contribution in [3.05, 3.63) is 22.3 Å². The maximum atomic E-state index is 12.0. The van der Waals surface area contributed by atoms with Crippen LogP contribution >= 0.6 is 0 Å². The van der Waals surface area contributed by atoms with E-state index in [-0.39, 0.29) is 11.7 Å². The standard InChI is InChI=1S/C15H18O4/c1-7-4-5-15(18)13(9(3)14(17)19-15)12-8(2)11(16)6-10(7)12/h7,10,18H,4-6H2,1-3H3/t7-,10+,15-/m1/s1. The molecule has 0 radical (unpaired) electrons. The molecule has 102 valence electrons. The molecule has 4 nitrogen and oxygen atoms in total. The Kier molecular flexibility index (Phi) is 2.52. The molecule has 3 rings (SSSR count). The Morgan fingerprint density at radius 3 is 2.63 bits per heavy atom. The Morgan fingerprint density at radius 2 is 1.95 bits per heavy atom. The van der Waals surface area contributed by atoms with E-state index in [9.17, 15) is 14.7 Å². The van der Waals surface area contributed by atoms with Crippen molar-refractivity contribution in [2.24, 2.45) is 11.8 Å². The highest BCUT2D eigenvalue weighted by atomic mass is 16.7. The normalized spacial score (nSPS) is 38.3.